The van der Waals surface area contributed by atoms with Gasteiger partial charge < -0.3 is 4.98 Å². The third-order valence-corrected chi connectivity index (χ3v) is 4.78. The summed E-state index contributed by atoms with van der Waals surface area (Å²) in [6, 6.07) is 1.25. The highest BCUT2D eigenvalue weighted by Gasteiger charge is 2.39. The van der Waals surface area contributed by atoms with Crippen LogP contribution >= 0.6 is 23.2 Å². The number of aromatic amines is 1. The van der Waals surface area contributed by atoms with Gasteiger partial charge in [-0.1, -0.05) is 23.2 Å². The number of nitrogens with zero attached hydrogens (tertiary/aromatic N) is 3. The van der Waals surface area contributed by atoms with Crippen molar-refractivity contribution in [2.75, 3.05) is 0 Å². The van der Waals surface area contributed by atoms with Gasteiger partial charge in [-0.3, -0.25) is 0 Å². The van der Waals surface area contributed by atoms with E-state index >= 15 is 0 Å². The number of nitrogens with one attached hydrogen (secondary N) is 1. The Hall–Kier alpha value is -2.07. The topological polar surface area (TPSA) is 54.5 Å². The summed E-state index contributed by atoms with van der Waals surface area (Å²) in [5.41, 5.74) is -3.19. The number of fused-ring (bicyclic) bond motifs is 1. The number of rotatable bonds is 2. The van der Waals surface area contributed by atoms with Crippen molar-refractivity contribution in [1.82, 2.24) is 19.9 Å². The van der Waals surface area contributed by atoms with E-state index in [-0.39, 0.29) is 28.8 Å². The first-order chi connectivity index (χ1) is 12.9. The molecule has 2 heterocycles. The van der Waals surface area contributed by atoms with Crippen LogP contribution in [0.4, 0.5) is 26.3 Å². The van der Waals surface area contributed by atoms with Crippen LogP contribution in [0.1, 0.15) is 35.8 Å². The Bertz CT molecular complexity index is 1060. The van der Waals surface area contributed by atoms with Crippen molar-refractivity contribution in [3.05, 3.63) is 39.3 Å². The summed E-state index contributed by atoms with van der Waals surface area (Å²) in [5, 5.41) is -0.828. The van der Waals surface area contributed by atoms with E-state index in [1.165, 1.54) is 0 Å². The highest BCUT2D eigenvalue weighted by Crippen LogP contribution is 2.43. The minimum absolute atomic E-state index is 0.0301. The van der Waals surface area contributed by atoms with Gasteiger partial charge in [0.2, 0.25) is 0 Å². The molecule has 4 nitrogen and oxygen atoms in total. The molecule has 1 saturated carbocycles. The van der Waals surface area contributed by atoms with Crippen LogP contribution in [-0.2, 0) is 12.4 Å². The van der Waals surface area contributed by atoms with Crippen molar-refractivity contribution in [3.8, 4) is 11.4 Å². The summed E-state index contributed by atoms with van der Waals surface area (Å²) in [4.78, 5) is 14.1. The van der Waals surface area contributed by atoms with Crippen molar-refractivity contribution in [1.29, 1.82) is 0 Å². The van der Waals surface area contributed by atoms with E-state index in [1.807, 2.05) is 0 Å². The second-order valence-corrected chi connectivity index (χ2v) is 7.11. The lowest BCUT2D eigenvalue weighted by Crippen LogP contribution is -2.11. The lowest BCUT2D eigenvalue weighted by atomic mass is 10.1. The van der Waals surface area contributed by atoms with Gasteiger partial charge >= 0.3 is 12.4 Å². The molecule has 1 fully saturated rings. The molecule has 0 atom stereocenters. The first kappa shape index (κ1) is 19.3. The van der Waals surface area contributed by atoms with Gasteiger partial charge in [-0.2, -0.15) is 26.3 Å². The molecule has 0 saturated heterocycles. The average molecular weight is 441 g/mol. The van der Waals surface area contributed by atoms with Crippen molar-refractivity contribution in [2.24, 2.45) is 0 Å². The Morgan fingerprint density at radius 2 is 1.50 bits per heavy atom. The predicted molar refractivity (Wildman–Crippen MR) is 89.1 cm³/mol. The molecule has 12 heteroatoms. The largest absolute Gasteiger partial charge is 0.435 e. The Balaban J connectivity index is 1.91. The smallest absolute Gasteiger partial charge is 0.335 e. The number of imidazole rings is 1. The fraction of sp³-hybridized carbons (Fsp3) is 0.312. The summed E-state index contributed by atoms with van der Waals surface area (Å²) in [7, 11) is 0. The number of H-pyrrole nitrogens is 1. The fourth-order valence-electron chi connectivity index (χ4n) is 2.72. The van der Waals surface area contributed by atoms with Gasteiger partial charge in [-0.15, -0.1) is 0 Å². The fourth-order valence-corrected chi connectivity index (χ4v) is 3.39. The summed E-state index contributed by atoms with van der Waals surface area (Å²) in [6.45, 7) is 0. The predicted octanol–water partition coefficient (Wildman–Crippen LogP) is 6.24. The molecule has 1 aromatic carbocycles. The van der Waals surface area contributed by atoms with E-state index in [0.29, 0.717) is 25.0 Å². The number of halogens is 8. The number of hydrogen-bond donors (Lipinski definition) is 1. The Kier molecular flexibility index (Phi) is 4.27. The van der Waals surface area contributed by atoms with Crippen molar-refractivity contribution < 1.29 is 26.3 Å². The first-order valence-electron chi connectivity index (χ1n) is 7.86. The van der Waals surface area contributed by atoms with E-state index in [2.05, 4.69) is 19.9 Å². The summed E-state index contributed by atoms with van der Waals surface area (Å²) >= 11 is 11.8. The Morgan fingerprint density at radius 1 is 0.893 bits per heavy atom. The lowest BCUT2D eigenvalue weighted by Gasteiger charge is -2.10. The highest BCUT2D eigenvalue weighted by molar-refractivity contribution is 6.39. The van der Waals surface area contributed by atoms with E-state index in [0.717, 1.165) is 0 Å². The van der Waals surface area contributed by atoms with Gasteiger partial charge in [0.05, 0.1) is 21.2 Å². The molecule has 0 spiro atoms. The van der Waals surface area contributed by atoms with Gasteiger partial charge in [0.1, 0.15) is 17.2 Å². The minimum Gasteiger partial charge on any atom is -0.335 e. The zero-order valence-electron chi connectivity index (χ0n) is 13.5. The van der Waals surface area contributed by atoms with E-state index < -0.39 is 39.2 Å². The Morgan fingerprint density at radius 3 is 2.00 bits per heavy atom. The number of hydrogen-bond acceptors (Lipinski definition) is 3. The van der Waals surface area contributed by atoms with Gasteiger partial charge in [-0.05, 0) is 25.0 Å². The van der Waals surface area contributed by atoms with Crippen LogP contribution in [0, 0.1) is 0 Å². The molecule has 0 aliphatic heterocycles. The maximum atomic E-state index is 13.4. The van der Waals surface area contributed by atoms with Crippen LogP contribution in [-0.4, -0.2) is 19.9 Å². The quantitative estimate of drug-likeness (QED) is 0.479. The molecule has 0 amide bonds. The van der Waals surface area contributed by atoms with Crippen LogP contribution in [0.3, 0.4) is 0 Å². The maximum absolute atomic E-state index is 13.4. The summed E-state index contributed by atoms with van der Waals surface area (Å²) < 4.78 is 78.9. The van der Waals surface area contributed by atoms with Crippen LogP contribution in [0.25, 0.3) is 22.6 Å². The molecule has 0 bridgehead atoms. The molecule has 1 aliphatic carbocycles. The normalized spacial score (nSPS) is 15.4. The summed E-state index contributed by atoms with van der Waals surface area (Å²) in [5.74, 6) is -0.363. The summed E-state index contributed by atoms with van der Waals surface area (Å²) in [6.07, 6.45) is -8.11. The average Bonchev–Trinajstić information content (AvgIpc) is 3.31. The molecular formula is C16H8Cl2F6N4. The second-order valence-electron chi connectivity index (χ2n) is 6.30. The SMILES string of the molecule is FC(F)(F)c1cc(Cl)c(-c2nc3nc(C4CC4)nc(C(F)(F)F)c3[nH]2)c(Cl)c1. The van der Waals surface area contributed by atoms with Gasteiger partial charge in [0.25, 0.3) is 0 Å². The third-order valence-electron chi connectivity index (χ3n) is 4.19. The van der Waals surface area contributed by atoms with Crippen LogP contribution < -0.4 is 0 Å². The molecule has 4 rings (SSSR count). The monoisotopic (exact) mass is 440 g/mol. The van der Waals surface area contributed by atoms with Crippen LogP contribution in [0.2, 0.25) is 10.0 Å². The molecule has 28 heavy (non-hydrogen) atoms. The van der Waals surface area contributed by atoms with Gasteiger partial charge in [0, 0.05) is 5.92 Å². The molecule has 3 aromatic rings. The molecule has 148 valence electrons. The molecular weight excluding hydrogens is 433 g/mol. The van der Waals surface area contributed by atoms with Crippen molar-refractivity contribution in [2.45, 2.75) is 31.1 Å². The maximum Gasteiger partial charge on any atom is 0.435 e. The molecule has 2 aromatic heterocycles. The number of alkyl halides is 6. The second kappa shape index (κ2) is 6.21. The van der Waals surface area contributed by atoms with E-state index in [1.54, 1.807) is 0 Å². The third kappa shape index (κ3) is 3.39. The Labute approximate surface area is 162 Å². The number of aromatic nitrogens is 4. The standard InChI is InChI=1S/C16H8Cl2F6N4/c17-7-3-6(15(19,20)21)4-8(18)9(7)13-25-10-11(16(22,23)24)26-12(5-1-2-5)27-14(10)28-13/h3-5H,1-2H2,(H,25,26,27,28). The van der Waals surface area contributed by atoms with Crippen LogP contribution in [0.5, 0.6) is 0 Å². The van der Waals surface area contributed by atoms with Gasteiger partial charge in [-0.25, -0.2) is 15.0 Å². The zero-order chi connectivity index (χ0) is 20.4. The molecule has 1 aliphatic rings. The van der Waals surface area contributed by atoms with Crippen LogP contribution in [0.15, 0.2) is 12.1 Å². The van der Waals surface area contributed by atoms with E-state index in [4.69, 9.17) is 23.2 Å². The lowest BCUT2D eigenvalue weighted by molar-refractivity contribution is -0.140. The van der Waals surface area contributed by atoms with Gasteiger partial charge in [0.15, 0.2) is 11.3 Å². The minimum atomic E-state index is -4.78. The first-order valence-corrected chi connectivity index (χ1v) is 8.62. The molecule has 1 N–H and O–H groups in total. The van der Waals surface area contributed by atoms with E-state index in [9.17, 15) is 26.3 Å². The van der Waals surface area contributed by atoms with Crippen molar-refractivity contribution >= 4 is 34.4 Å². The molecule has 0 radical (unpaired) electrons. The highest BCUT2D eigenvalue weighted by atomic mass is 35.5. The molecule has 0 unspecified atom stereocenters. The zero-order valence-corrected chi connectivity index (χ0v) is 15.0. The van der Waals surface area contributed by atoms with Crippen molar-refractivity contribution in [3.63, 3.8) is 0 Å². The number of benzene rings is 1.